The van der Waals surface area contributed by atoms with E-state index in [-0.39, 0.29) is 0 Å². The molecule has 29 heavy (non-hydrogen) atoms. The number of hydrogen-bond acceptors (Lipinski definition) is 4. The summed E-state index contributed by atoms with van der Waals surface area (Å²) in [5.74, 6) is 1.07. The number of hydrogen-bond donors (Lipinski definition) is 0. The molecular formula is C24H28N4O. The number of para-hydroxylation sites is 1. The summed E-state index contributed by atoms with van der Waals surface area (Å²) in [7, 11) is 0. The predicted molar refractivity (Wildman–Crippen MR) is 116 cm³/mol. The Morgan fingerprint density at radius 3 is 2.55 bits per heavy atom. The summed E-state index contributed by atoms with van der Waals surface area (Å²) < 4.78 is 7.71. The minimum Gasteiger partial charge on any atom is -0.493 e. The maximum atomic E-state index is 5.63. The van der Waals surface area contributed by atoms with Crippen LogP contribution in [0.3, 0.4) is 0 Å². The van der Waals surface area contributed by atoms with Crippen LogP contribution in [0, 0.1) is 13.8 Å². The van der Waals surface area contributed by atoms with E-state index in [9.17, 15) is 0 Å². The first-order chi connectivity index (χ1) is 14.2. The molecule has 0 N–H and O–H groups in total. The number of anilines is 1. The van der Waals surface area contributed by atoms with Gasteiger partial charge in [0.1, 0.15) is 5.75 Å². The van der Waals surface area contributed by atoms with Gasteiger partial charge in [0, 0.05) is 39.1 Å². The Balaban J connectivity index is 1.27. The highest BCUT2D eigenvalue weighted by Gasteiger charge is 2.23. The number of piperazine rings is 1. The Kier molecular flexibility index (Phi) is 4.76. The lowest BCUT2D eigenvalue weighted by atomic mass is 10.1. The van der Waals surface area contributed by atoms with E-state index >= 15 is 0 Å². The summed E-state index contributed by atoms with van der Waals surface area (Å²) >= 11 is 0. The van der Waals surface area contributed by atoms with Crippen LogP contribution >= 0.6 is 0 Å². The zero-order chi connectivity index (χ0) is 19.8. The van der Waals surface area contributed by atoms with E-state index in [0.29, 0.717) is 0 Å². The lowest BCUT2D eigenvalue weighted by Crippen LogP contribution is -2.46. The van der Waals surface area contributed by atoms with Gasteiger partial charge in [-0.25, -0.2) is 4.68 Å². The molecule has 5 nitrogen and oxygen atoms in total. The molecule has 5 rings (SSSR count). The SMILES string of the molecule is Cc1nn(-c2ccccc2)c(C)c1N1CCN(Cc2ccc3c(c2)CCO3)CC1. The first-order valence-electron chi connectivity index (χ1n) is 10.5. The van der Waals surface area contributed by atoms with Crippen molar-refractivity contribution in [1.82, 2.24) is 14.7 Å². The molecular weight excluding hydrogens is 360 g/mol. The summed E-state index contributed by atoms with van der Waals surface area (Å²) in [6.07, 6.45) is 1.04. The molecule has 0 atom stereocenters. The molecule has 150 valence electrons. The van der Waals surface area contributed by atoms with E-state index in [1.807, 2.05) is 6.07 Å². The van der Waals surface area contributed by atoms with E-state index in [2.05, 4.69) is 70.8 Å². The molecule has 1 fully saturated rings. The fraction of sp³-hybridized carbons (Fsp3) is 0.375. The third kappa shape index (κ3) is 3.51. The van der Waals surface area contributed by atoms with Crippen molar-refractivity contribution in [2.24, 2.45) is 0 Å². The standard InChI is InChI=1S/C24H28N4O/c1-18-24(19(2)28(25-18)22-6-4-3-5-7-22)27-13-11-26(12-14-27)17-20-8-9-23-21(16-20)10-15-29-23/h3-9,16H,10-15,17H2,1-2H3. The van der Waals surface area contributed by atoms with Gasteiger partial charge in [-0.2, -0.15) is 5.10 Å². The maximum Gasteiger partial charge on any atom is 0.122 e. The van der Waals surface area contributed by atoms with E-state index in [0.717, 1.165) is 62.9 Å². The molecule has 2 aliphatic rings. The van der Waals surface area contributed by atoms with Crippen molar-refractivity contribution in [3.05, 3.63) is 71.0 Å². The summed E-state index contributed by atoms with van der Waals surface area (Å²) in [4.78, 5) is 5.06. The minimum atomic E-state index is 0.826. The fourth-order valence-corrected chi connectivity index (χ4v) is 4.64. The van der Waals surface area contributed by atoms with Crippen LogP contribution in [0.4, 0.5) is 5.69 Å². The van der Waals surface area contributed by atoms with Gasteiger partial charge in [-0.3, -0.25) is 4.90 Å². The summed E-state index contributed by atoms with van der Waals surface area (Å²) in [6, 6.07) is 17.1. The number of rotatable bonds is 4. The van der Waals surface area contributed by atoms with E-state index < -0.39 is 0 Å². The number of nitrogens with zero attached hydrogens (tertiary/aromatic N) is 4. The highest BCUT2D eigenvalue weighted by Crippen LogP contribution is 2.29. The van der Waals surface area contributed by atoms with E-state index in [4.69, 9.17) is 9.84 Å². The van der Waals surface area contributed by atoms with Gasteiger partial charge >= 0.3 is 0 Å². The van der Waals surface area contributed by atoms with Gasteiger partial charge in [0.25, 0.3) is 0 Å². The van der Waals surface area contributed by atoms with Crippen LogP contribution in [0.25, 0.3) is 5.69 Å². The van der Waals surface area contributed by atoms with Gasteiger partial charge < -0.3 is 9.64 Å². The zero-order valence-electron chi connectivity index (χ0n) is 17.3. The molecule has 3 aromatic rings. The van der Waals surface area contributed by atoms with Crippen LogP contribution in [0.5, 0.6) is 5.75 Å². The number of fused-ring (bicyclic) bond motifs is 1. The van der Waals surface area contributed by atoms with Crippen molar-refractivity contribution in [1.29, 1.82) is 0 Å². The van der Waals surface area contributed by atoms with Crippen molar-refractivity contribution < 1.29 is 4.74 Å². The molecule has 0 radical (unpaired) electrons. The van der Waals surface area contributed by atoms with Gasteiger partial charge in [0.2, 0.25) is 0 Å². The van der Waals surface area contributed by atoms with Gasteiger partial charge in [-0.1, -0.05) is 30.3 Å². The van der Waals surface area contributed by atoms with Crippen molar-refractivity contribution in [2.75, 3.05) is 37.7 Å². The summed E-state index contributed by atoms with van der Waals surface area (Å²) in [5.41, 5.74) is 7.51. The molecule has 5 heteroatoms. The van der Waals surface area contributed by atoms with Gasteiger partial charge in [0.15, 0.2) is 0 Å². The summed E-state index contributed by atoms with van der Waals surface area (Å²) in [5, 5.41) is 4.83. The lowest BCUT2D eigenvalue weighted by Gasteiger charge is -2.36. The second kappa shape index (κ2) is 7.56. The molecule has 2 aliphatic heterocycles. The van der Waals surface area contributed by atoms with E-state index in [1.165, 1.54) is 22.5 Å². The maximum absolute atomic E-state index is 5.63. The molecule has 0 spiro atoms. The Labute approximate surface area is 172 Å². The van der Waals surface area contributed by atoms with Gasteiger partial charge in [-0.05, 0) is 43.2 Å². The molecule has 1 aromatic heterocycles. The molecule has 0 aliphatic carbocycles. The average molecular weight is 389 g/mol. The average Bonchev–Trinajstić information content (AvgIpc) is 3.33. The van der Waals surface area contributed by atoms with Crippen LogP contribution in [-0.2, 0) is 13.0 Å². The molecule has 0 amide bonds. The Bertz CT molecular complexity index is 1000. The van der Waals surface area contributed by atoms with Crippen molar-refractivity contribution in [3.8, 4) is 11.4 Å². The topological polar surface area (TPSA) is 33.5 Å². The van der Waals surface area contributed by atoms with Crippen LogP contribution in [-0.4, -0.2) is 47.5 Å². The Morgan fingerprint density at radius 2 is 1.76 bits per heavy atom. The van der Waals surface area contributed by atoms with Crippen LogP contribution in [0.2, 0.25) is 0 Å². The monoisotopic (exact) mass is 388 g/mol. The smallest absolute Gasteiger partial charge is 0.122 e. The van der Waals surface area contributed by atoms with Crippen molar-refractivity contribution >= 4 is 5.69 Å². The third-order valence-corrected chi connectivity index (χ3v) is 6.10. The second-order valence-corrected chi connectivity index (χ2v) is 8.07. The van der Waals surface area contributed by atoms with E-state index in [1.54, 1.807) is 0 Å². The highest BCUT2D eigenvalue weighted by molar-refractivity contribution is 5.57. The molecule has 0 unspecified atom stereocenters. The second-order valence-electron chi connectivity index (χ2n) is 8.07. The third-order valence-electron chi connectivity index (χ3n) is 6.10. The number of ether oxygens (including phenoxy) is 1. The van der Waals surface area contributed by atoms with Gasteiger partial charge in [0.05, 0.1) is 29.4 Å². The molecule has 0 bridgehead atoms. The zero-order valence-corrected chi connectivity index (χ0v) is 17.3. The molecule has 2 aromatic carbocycles. The van der Waals surface area contributed by atoms with Crippen LogP contribution in [0.1, 0.15) is 22.5 Å². The lowest BCUT2D eigenvalue weighted by molar-refractivity contribution is 0.249. The van der Waals surface area contributed by atoms with Crippen molar-refractivity contribution in [3.63, 3.8) is 0 Å². The van der Waals surface area contributed by atoms with Crippen LogP contribution < -0.4 is 9.64 Å². The Morgan fingerprint density at radius 1 is 0.966 bits per heavy atom. The first-order valence-corrected chi connectivity index (χ1v) is 10.5. The normalized spacial score (nSPS) is 16.7. The first kappa shape index (κ1) is 18.3. The largest absolute Gasteiger partial charge is 0.493 e. The predicted octanol–water partition coefficient (Wildman–Crippen LogP) is 3.75. The number of aryl methyl sites for hydroxylation is 1. The Hall–Kier alpha value is -2.79. The summed E-state index contributed by atoms with van der Waals surface area (Å²) in [6.45, 7) is 10.4. The number of aromatic nitrogens is 2. The van der Waals surface area contributed by atoms with Crippen LogP contribution in [0.15, 0.2) is 48.5 Å². The highest BCUT2D eigenvalue weighted by atomic mass is 16.5. The number of benzene rings is 2. The fourth-order valence-electron chi connectivity index (χ4n) is 4.64. The minimum absolute atomic E-state index is 0.826. The molecule has 1 saturated heterocycles. The molecule has 0 saturated carbocycles. The van der Waals surface area contributed by atoms with Gasteiger partial charge in [-0.15, -0.1) is 0 Å². The quantitative estimate of drug-likeness (QED) is 0.682. The molecule has 3 heterocycles. The van der Waals surface area contributed by atoms with Crippen molar-refractivity contribution in [2.45, 2.75) is 26.8 Å².